The zero-order valence-corrected chi connectivity index (χ0v) is 12.3. The van der Waals surface area contributed by atoms with Gasteiger partial charge in [-0.3, -0.25) is 4.79 Å². The molecule has 0 bridgehead atoms. The summed E-state index contributed by atoms with van der Waals surface area (Å²) in [6.45, 7) is 7.52. The second kappa shape index (κ2) is 7.42. The highest BCUT2D eigenvalue weighted by Gasteiger charge is 2.16. The standard InChI is InChI=1S/C15H22ClNO/c1-4-5-9-17(10-8-16)15(18)14-11-12(2)6-7-13(14)3/h6-7,11H,4-5,8-10H2,1-3H3. The lowest BCUT2D eigenvalue weighted by Gasteiger charge is -2.22. The SMILES string of the molecule is CCCCN(CCCl)C(=O)c1cc(C)ccc1C. The molecule has 0 spiro atoms. The molecule has 3 heteroatoms. The van der Waals surface area contributed by atoms with E-state index < -0.39 is 0 Å². The van der Waals surface area contributed by atoms with E-state index in [0.29, 0.717) is 12.4 Å². The number of hydrogen-bond acceptors (Lipinski definition) is 1. The quantitative estimate of drug-likeness (QED) is 0.718. The van der Waals surface area contributed by atoms with Crippen molar-refractivity contribution in [3.63, 3.8) is 0 Å². The summed E-state index contributed by atoms with van der Waals surface area (Å²) in [4.78, 5) is 14.3. The van der Waals surface area contributed by atoms with Crippen molar-refractivity contribution in [1.29, 1.82) is 0 Å². The Hall–Kier alpha value is -1.02. The predicted molar refractivity (Wildman–Crippen MR) is 77.4 cm³/mol. The molecule has 100 valence electrons. The van der Waals surface area contributed by atoms with Crippen LogP contribution in [0, 0.1) is 13.8 Å². The molecular formula is C15H22ClNO. The van der Waals surface area contributed by atoms with Crippen LogP contribution in [0.5, 0.6) is 0 Å². The summed E-state index contributed by atoms with van der Waals surface area (Å²) in [5.74, 6) is 0.589. The second-order valence-electron chi connectivity index (χ2n) is 4.65. The lowest BCUT2D eigenvalue weighted by atomic mass is 10.0. The van der Waals surface area contributed by atoms with E-state index in [9.17, 15) is 4.79 Å². The van der Waals surface area contributed by atoms with Gasteiger partial charge in [-0.15, -0.1) is 11.6 Å². The minimum absolute atomic E-state index is 0.102. The van der Waals surface area contributed by atoms with Crippen LogP contribution >= 0.6 is 11.6 Å². The Balaban J connectivity index is 2.90. The average molecular weight is 268 g/mol. The number of aryl methyl sites for hydroxylation is 2. The van der Waals surface area contributed by atoms with Gasteiger partial charge in [-0.1, -0.05) is 31.0 Å². The fraction of sp³-hybridized carbons (Fsp3) is 0.533. The highest BCUT2D eigenvalue weighted by atomic mass is 35.5. The molecule has 18 heavy (non-hydrogen) atoms. The second-order valence-corrected chi connectivity index (χ2v) is 5.03. The number of amides is 1. The minimum Gasteiger partial charge on any atom is -0.337 e. The Morgan fingerprint density at radius 3 is 2.61 bits per heavy atom. The van der Waals surface area contributed by atoms with E-state index in [1.807, 2.05) is 36.9 Å². The predicted octanol–water partition coefficient (Wildman–Crippen LogP) is 3.78. The number of nitrogens with zero attached hydrogens (tertiary/aromatic N) is 1. The maximum atomic E-state index is 12.5. The van der Waals surface area contributed by atoms with Crippen molar-refractivity contribution in [2.24, 2.45) is 0 Å². The molecule has 1 aromatic rings. The van der Waals surface area contributed by atoms with Crippen LogP contribution in [0.1, 0.15) is 41.3 Å². The van der Waals surface area contributed by atoms with Gasteiger partial charge in [0.1, 0.15) is 0 Å². The normalized spacial score (nSPS) is 10.4. The molecular weight excluding hydrogens is 246 g/mol. The zero-order valence-electron chi connectivity index (χ0n) is 11.5. The van der Waals surface area contributed by atoms with Gasteiger partial charge in [-0.25, -0.2) is 0 Å². The van der Waals surface area contributed by atoms with Gasteiger partial charge in [-0.05, 0) is 31.9 Å². The first-order valence-corrected chi connectivity index (χ1v) is 7.06. The number of alkyl halides is 1. The van der Waals surface area contributed by atoms with Gasteiger partial charge >= 0.3 is 0 Å². The van der Waals surface area contributed by atoms with Crippen LogP contribution in [0.25, 0.3) is 0 Å². The van der Waals surface area contributed by atoms with Gasteiger partial charge in [0.15, 0.2) is 0 Å². The first-order chi connectivity index (χ1) is 8.60. The number of unbranched alkanes of at least 4 members (excludes halogenated alkanes) is 1. The Kier molecular flexibility index (Phi) is 6.20. The van der Waals surface area contributed by atoms with Crippen molar-refractivity contribution in [2.45, 2.75) is 33.6 Å². The number of carbonyl (C=O) groups is 1. The highest BCUT2D eigenvalue weighted by Crippen LogP contribution is 2.14. The topological polar surface area (TPSA) is 20.3 Å². The van der Waals surface area contributed by atoms with Crippen molar-refractivity contribution >= 4 is 17.5 Å². The summed E-state index contributed by atoms with van der Waals surface area (Å²) >= 11 is 5.78. The van der Waals surface area contributed by atoms with Crippen LogP contribution in [0.15, 0.2) is 18.2 Å². The van der Waals surface area contributed by atoms with Crippen molar-refractivity contribution in [2.75, 3.05) is 19.0 Å². The van der Waals surface area contributed by atoms with Gasteiger partial charge < -0.3 is 4.90 Å². The molecule has 0 saturated heterocycles. The van der Waals surface area contributed by atoms with E-state index in [0.717, 1.165) is 36.1 Å². The fourth-order valence-corrected chi connectivity index (χ4v) is 2.11. The van der Waals surface area contributed by atoms with Crippen molar-refractivity contribution in [3.05, 3.63) is 34.9 Å². The number of carbonyl (C=O) groups excluding carboxylic acids is 1. The summed E-state index contributed by atoms with van der Waals surface area (Å²) in [5.41, 5.74) is 2.95. The summed E-state index contributed by atoms with van der Waals surface area (Å²) in [5, 5.41) is 0. The van der Waals surface area contributed by atoms with Gasteiger partial charge in [-0.2, -0.15) is 0 Å². The molecule has 0 atom stereocenters. The molecule has 0 N–H and O–H groups in total. The Labute approximate surface area is 115 Å². The molecule has 0 heterocycles. The minimum atomic E-state index is 0.102. The molecule has 1 amide bonds. The molecule has 0 unspecified atom stereocenters. The van der Waals surface area contributed by atoms with E-state index in [-0.39, 0.29) is 5.91 Å². The lowest BCUT2D eigenvalue weighted by molar-refractivity contribution is 0.0762. The van der Waals surface area contributed by atoms with Crippen LogP contribution in [-0.4, -0.2) is 29.8 Å². The van der Waals surface area contributed by atoms with E-state index in [1.165, 1.54) is 0 Å². The van der Waals surface area contributed by atoms with E-state index >= 15 is 0 Å². The molecule has 1 aromatic carbocycles. The van der Waals surface area contributed by atoms with Crippen molar-refractivity contribution < 1.29 is 4.79 Å². The highest BCUT2D eigenvalue weighted by molar-refractivity contribution is 6.18. The van der Waals surface area contributed by atoms with Crippen molar-refractivity contribution in [1.82, 2.24) is 4.90 Å². The largest absolute Gasteiger partial charge is 0.337 e. The summed E-state index contributed by atoms with van der Waals surface area (Å²) < 4.78 is 0. The Morgan fingerprint density at radius 1 is 1.28 bits per heavy atom. The van der Waals surface area contributed by atoms with Gasteiger partial charge in [0.05, 0.1) is 0 Å². The third-order valence-corrected chi connectivity index (χ3v) is 3.22. The smallest absolute Gasteiger partial charge is 0.254 e. The number of halogens is 1. The lowest BCUT2D eigenvalue weighted by Crippen LogP contribution is -2.34. The molecule has 0 aliphatic heterocycles. The van der Waals surface area contributed by atoms with Crippen LogP contribution in [0.2, 0.25) is 0 Å². The molecule has 0 aliphatic carbocycles. The number of hydrogen-bond donors (Lipinski definition) is 0. The van der Waals surface area contributed by atoms with Gasteiger partial charge in [0, 0.05) is 24.5 Å². The number of rotatable bonds is 6. The molecule has 0 radical (unpaired) electrons. The van der Waals surface area contributed by atoms with E-state index in [2.05, 4.69) is 6.92 Å². The van der Waals surface area contributed by atoms with Crippen LogP contribution in [0.4, 0.5) is 0 Å². The Bertz CT molecular complexity index is 403. The molecule has 0 aliphatic rings. The molecule has 0 fully saturated rings. The van der Waals surface area contributed by atoms with Crippen LogP contribution < -0.4 is 0 Å². The first kappa shape index (κ1) is 15.0. The molecule has 1 rings (SSSR count). The van der Waals surface area contributed by atoms with E-state index in [4.69, 9.17) is 11.6 Å². The van der Waals surface area contributed by atoms with Crippen LogP contribution in [0.3, 0.4) is 0 Å². The molecule has 0 saturated carbocycles. The van der Waals surface area contributed by atoms with Crippen molar-refractivity contribution in [3.8, 4) is 0 Å². The molecule has 2 nitrogen and oxygen atoms in total. The Morgan fingerprint density at radius 2 is 2.00 bits per heavy atom. The van der Waals surface area contributed by atoms with Crippen LogP contribution in [-0.2, 0) is 0 Å². The third kappa shape index (κ3) is 4.02. The van der Waals surface area contributed by atoms with Gasteiger partial charge in [0.25, 0.3) is 5.91 Å². The summed E-state index contributed by atoms with van der Waals surface area (Å²) in [6, 6.07) is 6.00. The average Bonchev–Trinajstić information content (AvgIpc) is 2.36. The number of benzene rings is 1. The van der Waals surface area contributed by atoms with E-state index in [1.54, 1.807) is 0 Å². The summed E-state index contributed by atoms with van der Waals surface area (Å²) in [6.07, 6.45) is 2.10. The monoisotopic (exact) mass is 267 g/mol. The first-order valence-electron chi connectivity index (χ1n) is 6.52. The summed E-state index contributed by atoms with van der Waals surface area (Å²) in [7, 11) is 0. The van der Waals surface area contributed by atoms with Gasteiger partial charge in [0.2, 0.25) is 0 Å². The fourth-order valence-electron chi connectivity index (χ4n) is 1.90. The zero-order chi connectivity index (χ0) is 13.5. The maximum Gasteiger partial charge on any atom is 0.254 e. The molecule has 0 aromatic heterocycles. The maximum absolute atomic E-state index is 12.5. The third-order valence-electron chi connectivity index (χ3n) is 3.05.